The van der Waals surface area contributed by atoms with Crippen molar-refractivity contribution in [2.75, 3.05) is 6.54 Å². The van der Waals surface area contributed by atoms with E-state index in [-0.39, 0.29) is 0 Å². The molecule has 1 aliphatic heterocycles. The number of fused-ring (bicyclic) bond motifs is 3. The highest BCUT2D eigenvalue weighted by Crippen LogP contribution is 2.51. The summed E-state index contributed by atoms with van der Waals surface area (Å²) in [7, 11) is 0. The van der Waals surface area contributed by atoms with Crippen molar-refractivity contribution in [3.63, 3.8) is 0 Å². The van der Waals surface area contributed by atoms with Gasteiger partial charge < -0.3 is 5.32 Å². The third-order valence-electron chi connectivity index (χ3n) is 4.76. The molecular weight excluding hydrogens is 230 g/mol. The maximum absolute atomic E-state index is 3.74. The molecule has 0 aromatic heterocycles. The minimum absolute atomic E-state index is 0.565. The van der Waals surface area contributed by atoms with E-state index in [1.165, 1.54) is 29.5 Å². The van der Waals surface area contributed by atoms with Gasteiger partial charge in [0.25, 0.3) is 0 Å². The van der Waals surface area contributed by atoms with Gasteiger partial charge in [-0.15, -0.1) is 0 Å². The van der Waals surface area contributed by atoms with Gasteiger partial charge in [-0.2, -0.15) is 0 Å². The van der Waals surface area contributed by atoms with E-state index in [1.807, 2.05) is 0 Å². The number of nitrogens with one attached hydrogen (secondary N) is 1. The molecule has 1 heteroatoms. The average molecular weight is 249 g/mol. The Balaban J connectivity index is 1.85. The van der Waals surface area contributed by atoms with E-state index >= 15 is 0 Å². The van der Waals surface area contributed by atoms with Gasteiger partial charge in [0, 0.05) is 12.0 Å². The smallest absolute Gasteiger partial charge is 0.0360 e. The van der Waals surface area contributed by atoms with E-state index in [0.29, 0.717) is 12.0 Å². The molecule has 2 aromatic rings. The molecule has 0 amide bonds. The Hall–Kier alpha value is -1.60. The van der Waals surface area contributed by atoms with Crippen LogP contribution in [-0.4, -0.2) is 6.54 Å². The quantitative estimate of drug-likeness (QED) is 0.809. The molecule has 3 atom stereocenters. The molecule has 1 aliphatic carbocycles. The summed E-state index contributed by atoms with van der Waals surface area (Å²) in [6.45, 7) is 1.16. The second-order valence-electron chi connectivity index (χ2n) is 5.76. The van der Waals surface area contributed by atoms with Crippen LogP contribution in [0.5, 0.6) is 0 Å². The van der Waals surface area contributed by atoms with Gasteiger partial charge in [-0.1, -0.05) is 54.6 Å². The number of piperidine rings is 1. The minimum Gasteiger partial charge on any atom is -0.310 e. The summed E-state index contributed by atoms with van der Waals surface area (Å²) in [6.07, 6.45) is 2.64. The highest BCUT2D eigenvalue weighted by Gasteiger charge is 2.41. The predicted octanol–water partition coefficient (Wildman–Crippen LogP) is 3.87. The first kappa shape index (κ1) is 11.2. The Bertz CT molecular complexity index is 575. The van der Waals surface area contributed by atoms with Crippen LogP contribution in [0.1, 0.15) is 41.5 Å². The lowest BCUT2D eigenvalue weighted by Crippen LogP contribution is -2.32. The van der Waals surface area contributed by atoms with Crippen molar-refractivity contribution in [3.05, 3.63) is 71.3 Å². The number of benzene rings is 2. The van der Waals surface area contributed by atoms with E-state index in [0.717, 1.165) is 12.5 Å². The number of hydrogen-bond acceptors (Lipinski definition) is 1. The second-order valence-corrected chi connectivity index (χ2v) is 5.76. The Morgan fingerprint density at radius 1 is 0.842 bits per heavy atom. The first-order chi connectivity index (χ1) is 9.45. The van der Waals surface area contributed by atoms with Crippen molar-refractivity contribution >= 4 is 0 Å². The lowest BCUT2D eigenvalue weighted by atomic mass is 9.80. The lowest BCUT2D eigenvalue weighted by molar-refractivity contribution is 0.287. The zero-order chi connectivity index (χ0) is 12.7. The van der Waals surface area contributed by atoms with Gasteiger partial charge in [0.2, 0.25) is 0 Å². The van der Waals surface area contributed by atoms with Gasteiger partial charge in [0.15, 0.2) is 0 Å². The van der Waals surface area contributed by atoms with Gasteiger partial charge in [-0.3, -0.25) is 0 Å². The van der Waals surface area contributed by atoms with Crippen LogP contribution in [0.15, 0.2) is 54.6 Å². The Kier molecular flexibility index (Phi) is 2.66. The molecule has 0 radical (unpaired) electrons. The van der Waals surface area contributed by atoms with Gasteiger partial charge >= 0.3 is 0 Å². The van der Waals surface area contributed by atoms with Crippen molar-refractivity contribution in [1.82, 2.24) is 5.32 Å². The van der Waals surface area contributed by atoms with Crippen molar-refractivity contribution in [2.45, 2.75) is 24.8 Å². The first-order valence-corrected chi connectivity index (χ1v) is 7.32. The molecule has 0 bridgehead atoms. The molecule has 0 spiro atoms. The van der Waals surface area contributed by atoms with Crippen LogP contribution < -0.4 is 5.32 Å². The molecule has 1 nitrogen and oxygen atoms in total. The first-order valence-electron chi connectivity index (χ1n) is 7.32. The Labute approximate surface area is 114 Å². The van der Waals surface area contributed by atoms with Crippen LogP contribution in [0.4, 0.5) is 0 Å². The van der Waals surface area contributed by atoms with E-state index in [9.17, 15) is 0 Å². The van der Waals surface area contributed by atoms with Crippen molar-refractivity contribution in [2.24, 2.45) is 5.92 Å². The maximum atomic E-state index is 3.74. The van der Waals surface area contributed by atoms with E-state index < -0.39 is 0 Å². The van der Waals surface area contributed by atoms with Crippen LogP contribution in [-0.2, 0) is 0 Å². The Morgan fingerprint density at radius 2 is 1.58 bits per heavy atom. The highest BCUT2D eigenvalue weighted by molar-refractivity contribution is 5.46. The van der Waals surface area contributed by atoms with Crippen LogP contribution in [0.25, 0.3) is 0 Å². The van der Waals surface area contributed by atoms with E-state index in [2.05, 4.69) is 59.9 Å². The van der Waals surface area contributed by atoms with E-state index in [4.69, 9.17) is 0 Å². The summed E-state index contributed by atoms with van der Waals surface area (Å²) < 4.78 is 0. The van der Waals surface area contributed by atoms with Crippen molar-refractivity contribution < 1.29 is 0 Å². The molecule has 1 saturated heterocycles. The van der Waals surface area contributed by atoms with Crippen LogP contribution >= 0.6 is 0 Å². The summed E-state index contributed by atoms with van der Waals surface area (Å²) in [4.78, 5) is 0. The van der Waals surface area contributed by atoms with E-state index in [1.54, 1.807) is 0 Å². The van der Waals surface area contributed by atoms with Crippen LogP contribution in [0.3, 0.4) is 0 Å². The standard InChI is InChI=1S/C18H19N/c1-2-7-13(8-3-1)17-14-9-4-5-10-15(14)18-16(17)11-6-12-19-18/h1-5,7-10,16-19H,6,11-12H2/t16-,17-,18+/m1/s1. The number of rotatable bonds is 1. The SMILES string of the molecule is c1ccc([C@@H]2c3ccccc3[C@@H]3NCCC[C@H]23)cc1. The molecule has 1 N–H and O–H groups in total. The predicted molar refractivity (Wildman–Crippen MR) is 78.2 cm³/mol. The molecular formula is C18H19N. The van der Waals surface area contributed by atoms with Gasteiger partial charge in [0.05, 0.1) is 0 Å². The fourth-order valence-electron chi connectivity index (χ4n) is 4.01. The average Bonchev–Trinajstić information content (AvgIpc) is 2.83. The van der Waals surface area contributed by atoms with Gasteiger partial charge in [-0.05, 0) is 42.0 Å². The zero-order valence-corrected chi connectivity index (χ0v) is 11.0. The largest absolute Gasteiger partial charge is 0.310 e. The summed E-state index contributed by atoms with van der Waals surface area (Å²) in [5, 5.41) is 3.74. The normalized spacial score (nSPS) is 28.7. The molecule has 96 valence electrons. The van der Waals surface area contributed by atoms with Crippen molar-refractivity contribution in [1.29, 1.82) is 0 Å². The fraction of sp³-hybridized carbons (Fsp3) is 0.333. The molecule has 19 heavy (non-hydrogen) atoms. The molecule has 2 aromatic carbocycles. The van der Waals surface area contributed by atoms with Crippen LogP contribution in [0, 0.1) is 5.92 Å². The van der Waals surface area contributed by atoms with Gasteiger partial charge in [-0.25, -0.2) is 0 Å². The lowest BCUT2D eigenvalue weighted by Gasteiger charge is -2.31. The molecule has 2 aliphatic rings. The third-order valence-corrected chi connectivity index (χ3v) is 4.76. The molecule has 4 rings (SSSR count). The summed E-state index contributed by atoms with van der Waals surface area (Å²) in [5.41, 5.74) is 4.55. The zero-order valence-electron chi connectivity index (χ0n) is 11.0. The summed E-state index contributed by atoms with van der Waals surface area (Å²) >= 11 is 0. The third kappa shape index (κ3) is 1.73. The monoisotopic (exact) mass is 249 g/mol. The minimum atomic E-state index is 0.565. The second kappa shape index (κ2) is 4.50. The summed E-state index contributed by atoms with van der Waals surface area (Å²) in [5.74, 6) is 1.31. The molecule has 0 unspecified atom stereocenters. The van der Waals surface area contributed by atoms with Crippen molar-refractivity contribution in [3.8, 4) is 0 Å². The number of hydrogen-bond donors (Lipinski definition) is 1. The van der Waals surface area contributed by atoms with Crippen LogP contribution in [0.2, 0.25) is 0 Å². The highest BCUT2D eigenvalue weighted by atomic mass is 14.9. The molecule has 0 saturated carbocycles. The molecule has 1 fully saturated rings. The maximum Gasteiger partial charge on any atom is 0.0360 e. The molecule has 1 heterocycles. The fourth-order valence-corrected chi connectivity index (χ4v) is 4.01. The van der Waals surface area contributed by atoms with Gasteiger partial charge in [0.1, 0.15) is 0 Å². The Morgan fingerprint density at radius 3 is 2.42 bits per heavy atom. The topological polar surface area (TPSA) is 12.0 Å². The summed E-state index contributed by atoms with van der Waals surface area (Å²) in [6, 6.07) is 20.6.